The Balaban J connectivity index is 1.29. The number of benzene rings is 2. The van der Waals surface area contributed by atoms with Crippen molar-refractivity contribution in [2.75, 3.05) is 26.9 Å². The molecule has 5 heteroatoms. The van der Waals surface area contributed by atoms with Crippen LogP contribution in [0.15, 0.2) is 48.5 Å². The summed E-state index contributed by atoms with van der Waals surface area (Å²) in [7, 11) is 2.16. The molecule has 2 aliphatic rings. The van der Waals surface area contributed by atoms with Gasteiger partial charge in [0.1, 0.15) is 0 Å². The van der Waals surface area contributed by atoms with E-state index in [-0.39, 0.29) is 12.7 Å². The van der Waals surface area contributed by atoms with Gasteiger partial charge in [0, 0.05) is 32.1 Å². The number of aryl methyl sites for hydroxylation is 1. The highest BCUT2D eigenvalue weighted by Gasteiger charge is 2.26. The topological polar surface area (TPSA) is 42.0 Å². The second kappa shape index (κ2) is 8.65. The van der Waals surface area contributed by atoms with E-state index in [0.29, 0.717) is 12.5 Å². The lowest BCUT2D eigenvalue weighted by molar-refractivity contribution is -0.133. The van der Waals surface area contributed by atoms with Crippen LogP contribution in [0, 0.1) is 0 Å². The van der Waals surface area contributed by atoms with Crippen molar-refractivity contribution in [2.45, 2.75) is 38.3 Å². The number of fused-ring (bicyclic) bond motifs is 1. The molecule has 5 nitrogen and oxygen atoms in total. The molecule has 2 aromatic carbocycles. The predicted molar refractivity (Wildman–Crippen MR) is 108 cm³/mol. The number of piperidine rings is 1. The average molecular weight is 380 g/mol. The molecular formula is C23H28N2O3. The summed E-state index contributed by atoms with van der Waals surface area (Å²) in [5.41, 5.74) is 2.43. The highest BCUT2D eigenvalue weighted by Crippen LogP contribution is 2.32. The Morgan fingerprint density at radius 1 is 1.11 bits per heavy atom. The third kappa shape index (κ3) is 4.47. The van der Waals surface area contributed by atoms with Gasteiger partial charge in [-0.1, -0.05) is 36.4 Å². The Morgan fingerprint density at radius 3 is 2.79 bits per heavy atom. The smallest absolute Gasteiger partial charge is 0.231 e. The van der Waals surface area contributed by atoms with E-state index in [1.165, 1.54) is 5.56 Å². The van der Waals surface area contributed by atoms with Crippen LogP contribution in [0.1, 0.15) is 30.4 Å². The van der Waals surface area contributed by atoms with Gasteiger partial charge in [-0.25, -0.2) is 0 Å². The van der Waals surface area contributed by atoms with Gasteiger partial charge in [0.05, 0.1) is 0 Å². The van der Waals surface area contributed by atoms with E-state index < -0.39 is 0 Å². The number of nitrogens with zero attached hydrogens (tertiary/aromatic N) is 2. The molecule has 4 rings (SSSR count). The van der Waals surface area contributed by atoms with Crippen LogP contribution in [0.4, 0.5) is 0 Å². The van der Waals surface area contributed by atoms with Crippen molar-refractivity contribution in [3.8, 4) is 11.5 Å². The van der Waals surface area contributed by atoms with Crippen molar-refractivity contribution in [3.63, 3.8) is 0 Å². The molecule has 1 atom stereocenters. The van der Waals surface area contributed by atoms with E-state index in [1.807, 2.05) is 29.2 Å². The van der Waals surface area contributed by atoms with Crippen LogP contribution in [0.2, 0.25) is 0 Å². The molecule has 2 heterocycles. The van der Waals surface area contributed by atoms with Gasteiger partial charge >= 0.3 is 0 Å². The van der Waals surface area contributed by atoms with Crippen LogP contribution in [0.25, 0.3) is 0 Å². The lowest BCUT2D eigenvalue weighted by Crippen LogP contribution is -2.48. The molecule has 0 radical (unpaired) electrons. The molecule has 28 heavy (non-hydrogen) atoms. The van der Waals surface area contributed by atoms with E-state index in [0.717, 1.165) is 56.0 Å². The number of hydrogen-bond donors (Lipinski definition) is 0. The third-order valence-electron chi connectivity index (χ3n) is 5.71. The molecule has 0 saturated carbocycles. The summed E-state index contributed by atoms with van der Waals surface area (Å²) < 4.78 is 10.8. The normalized spacial score (nSPS) is 18.5. The van der Waals surface area contributed by atoms with Crippen LogP contribution < -0.4 is 9.47 Å². The predicted octanol–water partition coefficient (Wildman–Crippen LogP) is 3.47. The van der Waals surface area contributed by atoms with Gasteiger partial charge in [-0.3, -0.25) is 9.69 Å². The largest absolute Gasteiger partial charge is 0.454 e. The molecule has 2 aliphatic heterocycles. The maximum Gasteiger partial charge on any atom is 0.231 e. The summed E-state index contributed by atoms with van der Waals surface area (Å²) in [6.45, 7) is 2.90. The lowest BCUT2D eigenvalue weighted by atomic mass is 10.0. The molecule has 0 aliphatic carbocycles. The zero-order valence-corrected chi connectivity index (χ0v) is 16.5. The summed E-state index contributed by atoms with van der Waals surface area (Å²) in [4.78, 5) is 17.2. The van der Waals surface area contributed by atoms with E-state index in [2.05, 4.69) is 36.2 Å². The van der Waals surface area contributed by atoms with Gasteiger partial charge in [-0.2, -0.15) is 0 Å². The summed E-state index contributed by atoms with van der Waals surface area (Å²) in [5.74, 6) is 1.82. The highest BCUT2D eigenvalue weighted by molar-refractivity contribution is 5.76. The number of hydrogen-bond acceptors (Lipinski definition) is 4. The van der Waals surface area contributed by atoms with E-state index in [4.69, 9.17) is 9.47 Å². The SMILES string of the molecule is CN(Cc1ccccc1)[C@@H]1CCCN(C(=O)CCc2ccc3c(c2)OCO3)C1. The minimum absolute atomic E-state index is 0.246. The Morgan fingerprint density at radius 2 is 1.93 bits per heavy atom. The van der Waals surface area contributed by atoms with Gasteiger partial charge < -0.3 is 14.4 Å². The fourth-order valence-electron chi connectivity index (χ4n) is 4.05. The number of likely N-dealkylation sites (tertiary alicyclic amines) is 1. The lowest BCUT2D eigenvalue weighted by Gasteiger charge is -2.38. The molecule has 0 aromatic heterocycles. The number of likely N-dealkylation sites (N-methyl/N-ethyl adjacent to an activating group) is 1. The van der Waals surface area contributed by atoms with Gasteiger partial charge in [0.2, 0.25) is 12.7 Å². The molecule has 0 spiro atoms. The minimum atomic E-state index is 0.246. The van der Waals surface area contributed by atoms with Crippen molar-refractivity contribution in [1.29, 1.82) is 0 Å². The molecule has 1 amide bonds. The number of rotatable bonds is 6. The molecule has 0 bridgehead atoms. The fraction of sp³-hybridized carbons (Fsp3) is 0.435. The maximum atomic E-state index is 12.8. The quantitative estimate of drug-likeness (QED) is 0.770. The molecule has 1 fully saturated rings. The van der Waals surface area contributed by atoms with Crippen molar-refractivity contribution >= 4 is 5.91 Å². The Hall–Kier alpha value is -2.53. The minimum Gasteiger partial charge on any atom is -0.454 e. The second-order valence-corrected chi connectivity index (χ2v) is 7.72. The van der Waals surface area contributed by atoms with Gasteiger partial charge in [0.25, 0.3) is 0 Å². The van der Waals surface area contributed by atoms with E-state index >= 15 is 0 Å². The van der Waals surface area contributed by atoms with Crippen LogP contribution in [-0.4, -0.2) is 48.7 Å². The van der Waals surface area contributed by atoms with Crippen LogP contribution >= 0.6 is 0 Å². The number of ether oxygens (including phenoxy) is 2. The molecule has 148 valence electrons. The standard InChI is InChI=1S/C23H28N2O3/c1-24(15-19-6-3-2-4-7-19)20-8-5-13-25(16-20)23(26)12-10-18-9-11-21-22(14-18)28-17-27-21/h2-4,6-7,9,11,14,20H,5,8,10,12-13,15-17H2,1H3/t20-/m1/s1. The first-order chi connectivity index (χ1) is 13.7. The summed E-state index contributed by atoms with van der Waals surface area (Å²) in [6, 6.07) is 16.9. The fourth-order valence-corrected chi connectivity index (χ4v) is 4.05. The third-order valence-corrected chi connectivity index (χ3v) is 5.71. The van der Waals surface area contributed by atoms with Crippen molar-refractivity contribution < 1.29 is 14.3 Å². The molecule has 0 unspecified atom stereocenters. The second-order valence-electron chi connectivity index (χ2n) is 7.72. The van der Waals surface area contributed by atoms with Crippen LogP contribution in [-0.2, 0) is 17.8 Å². The van der Waals surface area contributed by atoms with E-state index in [9.17, 15) is 4.79 Å². The Bertz CT molecular complexity index is 809. The Kier molecular flexibility index (Phi) is 5.81. The summed E-state index contributed by atoms with van der Waals surface area (Å²) in [5, 5.41) is 0. The monoisotopic (exact) mass is 380 g/mol. The first-order valence-corrected chi connectivity index (χ1v) is 10.1. The maximum absolute atomic E-state index is 12.8. The summed E-state index contributed by atoms with van der Waals surface area (Å²) in [6.07, 6.45) is 3.49. The number of carbonyl (C=O) groups excluding carboxylic acids is 1. The van der Waals surface area contributed by atoms with Crippen molar-refractivity contribution in [2.24, 2.45) is 0 Å². The highest BCUT2D eigenvalue weighted by atomic mass is 16.7. The van der Waals surface area contributed by atoms with Crippen LogP contribution in [0.3, 0.4) is 0 Å². The van der Waals surface area contributed by atoms with Crippen molar-refractivity contribution in [3.05, 3.63) is 59.7 Å². The summed E-state index contributed by atoms with van der Waals surface area (Å²) >= 11 is 0. The molecule has 1 saturated heterocycles. The van der Waals surface area contributed by atoms with Gasteiger partial charge in [-0.05, 0) is 49.6 Å². The number of amides is 1. The first kappa shape index (κ1) is 18.8. The molecule has 0 N–H and O–H groups in total. The Labute approximate surface area is 166 Å². The van der Waals surface area contributed by atoms with Gasteiger partial charge in [-0.15, -0.1) is 0 Å². The van der Waals surface area contributed by atoms with E-state index in [1.54, 1.807) is 0 Å². The zero-order chi connectivity index (χ0) is 19.3. The number of carbonyl (C=O) groups is 1. The molecule has 2 aromatic rings. The van der Waals surface area contributed by atoms with Crippen LogP contribution in [0.5, 0.6) is 11.5 Å². The zero-order valence-electron chi connectivity index (χ0n) is 16.5. The molecular weight excluding hydrogens is 352 g/mol. The average Bonchev–Trinajstić information content (AvgIpc) is 3.20. The first-order valence-electron chi connectivity index (χ1n) is 10.1. The van der Waals surface area contributed by atoms with Crippen molar-refractivity contribution in [1.82, 2.24) is 9.80 Å². The van der Waals surface area contributed by atoms with Gasteiger partial charge in [0.15, 0.2) is 11.5 Å².